The van der Waals surface area contributed by atoms with E-state index < -0.39 is 30.1 Å². The fourth-order valence-electron chi connectivity index (χ4n) is 3.75. The van der Waals surface area contributed by atoms with Crippen LogP contribution < -0.4 is 4.90 Å². The molecule has 1 unspecified atom stereocenters. The number of anilines is 1. The van der Waals surface area contributed by atoms with Crippen molar-refractivity contribution in [3.63, 3.8) is 0 Å². The van der Waals surface area contributed by atoms with Crippen molar-refractivity contribution in [3.8, 4) is 0 Å². The van der Waals surface area contributed by atoms with Crippen molar-refractivity contribution in [3.05, 3.63) is 23.9 Å². The Hall–Kier alpha value is -1.42. The number of hydrogen-bond acceptors (Lipinski definition) is 6. The second-order valence-corrected chi connectivity index (χ2v) is 7.20. The first kappa shape index (κ1) is 19.3. The van der Waals surface area contributed by atoms with Crippen molar-refractivity contribution < 1.29 is 28.5 Å². The molecule has 0 saturated carbocycles. The third-order valence-electron chi connectivity index (χ3n) is 5.11. The van der Waals surface area contributed by atoms with E-state index in [-0.39, 0.29) is 5.92 Å². The second-order valence-electron chi connectivity index (χ2n) is 7.20. The number of halogens is 3. The molecule has 2 aliphatic rings. The molecule has 0 bridgehead atoms. The number of β-amino-alcohol motifs (C(OH)–C–C–N with tert-alkyl or cyclic N) is 2. The van der Waals surface area contributed by atoms with E-state index >= 15 is 0 Å². The first-order valence-corrected chi connectivity index (χ1v) is 8.79. The molecule has 2 fully saturated rings. The summed E-state index contributed by atoms with van der Waals surface area (Å²) in [5, 5.41) is 29.2. The summed E-state index contributed by atoms with van der Waals surface area (Å²) < 4.78 is 38.0. The van der Waals surface area contributed by atoms with Gasteiger partial charge in [0, 0.05) is 38.9 Å². The van der Waals surface area contributed by atoms with E-state index in [0.29, 0.717) is 32.0 Å². The van der Waals surface area contributed by atoms with Gasteiger partial charge in [-0.1, -0.05) is 0 Å². The summed E-state index contributed by atoms with van der Waals surface area (Å²) >= 11 is 0. The van der Waals surface area contributed by atoms with E-state index in [1.807, 2.05) is 9.80 Å². The predicted octanol–water partition coefficient (Wildman–Crippen LogP) is 0.715. The van der Waals surface area contributed by atoms with Crippen LogP contribution in [0.15, 0.2) is 18.3 Å². The summed E-state index contributed by atoms with van der Waals surface area (Å²) in [6.07, 6.45) is -4.75. The molecule has 3 heterocycles. The van der Waals surface area contributed by atoms with Gasteiger partial charge in [-0.25, -0.2) is 4.98 Å². The molecule has 146 valence electrons. The summed E-state index contributed by atoms with van der Waals surface area (Å²) in [5.74, 6) is 0.777. The van der Waals surface area contributed by atoms with Crippen molar-refractivity contribution in [2.45, 2.75) is 37.3 Å². The van der Waals surface area contributed by atoms with Crippen molar-refractivity contribution in [1.82, 2.24) is 9.88 Å². The molecule has 0 aromatic carbocycles. The normalized spacial score (nSPS) is 31.2. The highest BCUT2D eigenvalue weighted by atomic mass is 19.4. The molecule has 2 saturated heterocycles. The van der Waals surface area contributed by atoms with Crippen molar-refractivity contribution in [2.24, 2.45) is 5.92 Å². The minimum absolute atomic E-state index is 0.252. The van der Waals surface area contributed by atoms with Gasteiger partial charge in [-0.05, 0) is 30.9 Å². The van der Waals surface area contributed by atoms with Gasteiger partial charge in [-0.15, -0.1) is 0 Å². The lowest BCUT2D eigenvalue weighted by Gasteiger charge is -2.41. The van der Waals surface area contributed by atoms with Gasteiger partial charge in [0.05, 0.1) is 17.8 Å². The lowest BCUT2D eigenvalue weighted by Crippen LogP contribution is -2.56. The largest absolute Gasteiger partial charge is 0.417 e. The van der Waals surface area contributed by atoms with Gasteiger partial charge < -0.3 is 20.2 Å². The van der Waals surface area contributed by atoms with Crippen LogP contribution in [0.4, 0.5) is 19.0 Å². The summed E-state index contributed by atoms with van der Waals surface area (Å²) in [6, 6.07) is 2.45. The van der Waals surface area contributed by atoms with Crippen LogP contribution in [0.1, 0.15) is 18.4 Å². The second kappa shape index (κ2) is 7.67. The highest BCUT2D eigenvalue weighted by Crippen LogP contribution is 2.30. The number of aliphatic hydroxyl groups is 3. The van der Waals surface area contributed by atoms with Gasteiger partial charge in [0.15, 0.2) is 0 Å². The first-order chi connectivity index (χ1) is 12.2. The fraction of sp³-hybridized carbons (Fsp3) is 0.706. The predicted molar refractivity (Wildman–Crippen MR) is 88.6 cm³/mol. The SMILES string of the molecule is OC1[C@H](O)CN(C[C@H]2CCCN(c3ccc(C(F)(F)F)cn3)C2)C[C@@H]1O. The van der Waals surface area contributed by atoms with Gasteiger partial charge in [0.1, 0.15) is 11.9 Å². The summed E-state index contributed by atoms with van der Waals surface area (Å²) in [4.78, 5) is 7.86. The zero-order valence-electron chi connectivity index (χ0n) is 14.3. The third kappa shape index (κ3) is 4.46. The van der Waals surface area contributed by atoms with E-state index in [1.165, 1.54) is 6.07 Å². The lowest BCUT2D eigenvalue weighted by molar-refractivity contribution is -0.137. The maximum Gasteiger partial charge on any atom is 0.417 e. The number of aliphatic hydroxyl groups excluding tert-OH is 3. The average Bonchev–Trinajstić information content (AvgIpc) is 2.59. The molecule has 0 aliphatic carbocycles. The van der Waals surface area contributed by atoms with Crippen LogP contribution >= 0.6 is 0 Å². The van der Waals surface area contributed by atoms with E-state index in [1.54, 1.807) is 0 Å². The Bertz CT molecular complexity index is 587. The number of alkyl halides is 3. The molecule has 0 amide bonds. The molecule has 0 spiro atoms. The van der Waals surface area contributed by atoms with Crippen molar-refractivity contribution >= 4 is 5.82 Å². The van der Waals surface area contributed by atoms with Crippen LogP contribution in [0.25, 0.3) is 0 Å². The topological polar surface area (TPSA) is 80.1 Å². The number of nitrogens with zero attached hydrogens (tertiary/aromatic N) is 3. The average molecular weight is 375 g/mol. The Morgan fingerprint density at radius 1 is 1.08 bits per heavy atom. The maximum absolute atomic E-state index is 12.7. The minimum atomic E-state index is -4.39. The van der Waals surface area contributed by atoms with E-state index in [4.69, 9.17) is 0 Å². The van der Waals surface area contributed by atoms with Crippen molar-refractivity contribution in [1.29, 1.82) is 0 Å². The Morgan fingerprint density at radius 2 is 1.77 bits per heavy atom. The molecule has 2 aliphatic heterocycles. The molecule has 9 heteroatoms. The number of rotatable bonds is 3. The molecule has 4 atom stereocenters. The summed E-state index contributed by atoms with van der Waals surface area (Å²) in [6.45, 7) is 2.64. The van der Waals surface area contributed by atoms with Gasteiger partial charge in [-0.3, -0.25) is 4.90 Å². The maximum atomic E-state index is 12.7. The Balaban J connectivity index is 1.59. The monoisotopic (exact) mass is 375 g/mol. The minimum Gasteiger partial charge on any atom is -0.389 e. The Kier molecular flexibility index (Phi) is 5.71. The standard InChI is InChI=1S/C17H24F3N3O3/c18-17(19,20)12-3-4-15(21-6-12)23-5-1-2-11(8-23)7-22-9-13(24)16(26)14(25)10-22/h3-4,6,11,13-14,16,24-26H,1-2,5,7-10H2/t11-,13-,14+,16?/m1/s1. The first-order valence-electron chi connectivity index (χ1n) is 8.79. The molecular formula is C17H24F3N3O3. The Morgan fingerprint density at radius 3 is 2.35 bits per heavy atom. The fourth-order valence-corrected chi connectivity index (χ4v) is 3.75. The van der Waals surface area contributed by atoms with Crippen LogP contribution in [0.2, 0.25) is 0 Å². The van der Waals surface area contributed by atoms with Gasteiger partial charge in [0.2, 0.25) is 0 Å². The van der Waals surface area contributed by atoms with Crippen LogP contribution in [0.5, 0.6) is 0 Å². The molecule has 3 rings (SSSR count). The van der Waals surface area contributed by atoms with Crippen LogP contribution in [0, 0.1) is 5.92 Å². The molecule has 3 N–H and O–H groups in total. The molecule has 0 radical (unpaired) electrons. The summed E-state index contributed by atoms with van der Waals surface area (Å²) in [7, 11) is 0. The van der Waals surface area contributed by atoms with Crippen LogP contribution in [0.3, 0.4) is 0 Å². The lowest BCUT2D eigenvalue weighted by atomic mass is 9.95. The van der Waals surface area contributed by atoms with E-state index in [0.717, 1.165) is 31.6 Å². The van der Waals surface area contributed by atoms with Crippen molar-refractivity contribution in [2.75, 3.05) is 37.6 Å². The quantitative estimate of drug-likeness (QED) is 0.722. The van der Waals surface area contributed by atoms with E-state index in [9.17, 15) is 28.5 Å². The molecule has 6 nitrogen and oxygen atoms in total. The molecule has 26 heavy (non-hydrogen) atoms. The summed E-state index contributed by atoms with van der Waals surface area (Å²) in [5.41, 5.74) is -0.760. The number of hydrogen-bond donors (Lipinski definition) is 3. The highest BCUT2D eigenvalue weighted by Gasteiger charge is 2.35. The smallest absolute Gasteiger partial charge is 0.389 e. The Labute approximate surface area is 149 Å². The van der Waals surface area contributed by atoms with Crippen LogP contribution in [-0.2, 0) is 6.18 Å². The van der Waals surface area contributed by atoms with Gasteiger partial charge in [-0.2, -0.15) is 13.2 Å². The zero-order chi connectivity index (χ0) is 18.9. The zero-order valence-corrected chi connectivity index (χ0v) is 14.3. The number of piperidine rings is 2. The van der Waals surface area contributed by atoms with Crippen LogP contribution in [-0.4, -0.2) is 76.2 Å². The molecule has 1 aromatic rings. The molecular weight excluding hydrogens is 351 g/mol. The molecule has 1 aromatic heterocycles. The number of likely N-dealkylation sites (tertiary alicyclic amines) is 1. The number of aromatic nitrogens is 1. The third-order valence-corrected chi connectivity index (χ3v) is 5.11. The van der Waals surface area contributed by atoms with E-state index in [2.05, 4.69) is 4.98 Å². The number of pyridine rings is 1. The van der Waals surface area contributed by atoms with Gasteiger partial charge in [0.25, 0.3) is 0 Å². The highest BCUT2D eigenvalue weighted by molar-refractivity contribution is 5.40. The van der Waals surface area contributed by atoms with Gasteiger partial charge >= 0.3 is 6.18 Å².